The summed E-state index contributed by atoms with van der Waals surface area (Å²) in [6.45, 7) is 5.90. The molecular weight excluding hydrogens is 1730 g/mol. The summed E-state index contributed by atoms with van der Waals surface area (Å²) in [6, 6.07) is 0.0306. The lowest BCUT2D eigenvalue weighted by atomic mass is 9.90. The van der Waals surface area contributed by atoms with Gasteiger partial charge < -0.3 is 119 Å². The van der Waals surface area contributed by atoms with Gasteiger partial charge in [0.15, 0.2) is 5.78 Å². The maximum atomic E-state index is 15.7. The fraction of sp³-hybridized carbons (Fsp3) is 0.533. The van der Waals surface area contributed by atoms with Crippen LogP contribution in [0.5, 0.6) is 5.75 Å². The van der Waals surface area contributed by atoms with Crippen LogP contribution in [0.4, 0.5) is 0 Å². The average molecular weight is 1850 g/mol. The Labute approximate surface area is 767 Å². The molecule has 15 atom stereocenters. The number of nitrogens with one attached hydrogen (secondary N) is 12. The number of benzene rings is 3. The normalized spacial score (nSPS) is 25.2. The molecule has 0 unspecified atom stereocenters. The fourth-order valence-electron chi connectivity index (χ4n) is 16.7. The van der Waals surface area contributed by atoms with E-state index in [0.29, 0.717) is 57.8 Å². The number of Topliss-reactive ketones (excluding diaryl/α,β-unsaturated/α-hetero) is 1. The van der Waals surface area contributed by atoms with Crippen LogP contribution < -0.4 is 59.3 Å². The molecule has 0 saturated carbocycles. The first-order chi connectivity index (χ1) is 62.9. The number of H-pyrrole nitrogens is 3. The number of aliphatic hydroxyl groups is 2. The van der Waals surface area contributed by atoms with E-state index in [2.05, 4.69) is 67.8 Å². The lowest BCUT2D eigenvalue weighted by molar-refractivity contribution is -0.149. The summed E-state index contributed by atoms with van der Waals surface area (Å²) < 4.78 is 0. The SMILES string of the molecule is CCCC[C@H]1C(=O)N(C)[C@@H](CCC)C(=O)N[C@@H](CC(C)C)C(=O)N[C@H](C(=O)NCC(N)=O)CSCC(=O)N[C@@H](Cc2ccc(O)cc2)C(=O)N(C)[C@@H](C)C(=O)N[C@@H](CCN)C(=O)N2CCC[C@H]2C(=O)N[C@@H](Cc2c[nH]cn2)C(=O)N[C@@H](CCC(=O)O)C(=O)N2C[C@H](O)C[C@H]2C(=O)C[C@@H](Cc2c[nH]c3ccccc23)C(=O)N[C@@H](CO)C(=O)N[C@@H](Cc2c[nH]c3ccccc23)C(=O)N1C. The lowest BCUT2D eigenvalue weighted by Gasteiger charge is -2.36. The summed E-state index contributed by atoms with van der Waals surface area (Å²) in [5.41, 5.74) is 14.4. The van der Waals surface area contributed by atoms with Crippen molar-refractivity contribution in [3.63, 3.8) is 0 Å². The van der Waals surface area contributed by atoms with E-state index in [-0.39, 0.29) is 100 Å². The van der Waals surface area contributed by atoms with E-state index in [1.165, 1.54) is 69.8 Å². The van der Waals surface area contributed by atoms with Crippen molar-refractivity contribution in [1.29, 1.82) is 0 Å². The molecule has 3 saturated heterocycles. The van der Waals surface area contributed by atoms with Crippen molar-refractivity contribution in [2.75, 3.05) is 65.4 Å². The number of aromatic nitrogens is 4. The molecule has 0 spiro atoms. The van der Waals surface area contributed by atoms with Crippen molar-refractivity contribution in [3.05, 3.63) is 120 Å². The van der Waals surface area contributed by atoms with Gasteiger partial charge in [0.05, 0.1) is 43.1 Å². The smallest absolute Gasteiger partial charge is 0.303 e. The number of nitrogens with zero attached hydrogens (tertiary/aromatic N) is 6. The van der Waals surface area contributed by atoms with E-state index >= 15 is 38.4 Å². The van der Waals surface area contributed by atoms with Gasteiger partial charge in [0.1, 0.15) is 78.3 Å². The molecule has 20 N–H and O–H groups in total. The highest BCUT2D eigenvalue weighted by Gasteiger charge is 2.47. The third kappa shape index (κ3) is 27.9. The van der Waals surface area contributed by atoms with Crippen LogP contribution in [0.2, 0.25) is 0 Å². The first kappa shape index (κ1) is 103. The molecule has 3 fully saturated rings. The summed E-state index contributed by atoms with van der Waals surface area (Å²) in [6.07, 6.45) is 2.10. The molecular formula is C90H124N20O21S. The number of imidazole rings is 1. The number of carboxylic acid groups (broad SMARTS) is 1. The number of aromatic amines is 3. The number of rotatable bonds is 24. The zero-order valence-corrected chi connectivity index (χ0v) is 76.2. The van der Waals surface area contributed by atoms with E-state index < -0.39 is 242 Å². The lowest BCUT2D eigenvalue weighted by Crippen LogP contribution is -2.61. The number of carbonyl (C=O) groups is 17. The predicted molar refractivity (Wildman–Crippen MR) is 484 cm³/mol. The number of carboxylic acids is 1. The first-order valence-corrected chi connectivity index (χ1v) is 45.7. The maximum absolute atomic E-state index is 15.7. The number of ketones is 1. The van der Waals surface area contributed by atoms with Gasteiger partial charge in [-0.2, -0.15) is 0 Å². The van der Waals surface area contributed by atoms with Gasteiger partial charge in [-0.1, -0.05) is 95.5 Å². The van der Waals surface area contributed by atoms with Crippen molar-refractivity contribution in [2.24, 2.45) is 23.3 Å². The molecule has 6 heterocycles. The van der Waals surface area contributed by atoms with Gasteiger partial charge in [-0.25, -0.2) is 4.98 Å². The monoisotopic (exact) mass is 1850 g/mol. The molecule has 0 radical (unpaired) electrons. The molecule has 9 rings (SSSR count). The van der Waals surface area contributed by atoms with Crippen molar-refractivity contribution in [3.8, 4) is 5.75 Å². The summed E-state index contributed by atoms with van der Waals surface area (Å²) in [5, 5.41) is 68.0. The highest BCUT2D eigenvalue weighted by Crippen LogP contribution is 2.30. The number of aliphatic hydroxyl groups excluding tert-OH is 2. The summed E-state index contributed by atoms with van der Waals surface area (Å²) in [5.74, 6) is -18.6. The average Bonchev–Trinajstić information content (AvgIpc) is 1.04. The third-order valence-electron chi connectivity index (χ3n) is 24.0. The second-order valence-corrected chi connectivity index (χ2v) is 35.3. The van der Waals surface area contributed by atoms with Gasteiger partial charge in [-0.05, 0) is 112 Å². The van der Waals surface area contributed by atoms with Crippen molar-refractivity contribution in [1.82, 2.24) is 92.3 Å². The zero-order valence-electron chi connectivity index (χ0n) is 75.4. The second kappa shape index (κ2) is 48.9. The van der Waals surface area contributed by atoms with Crippen LogP contribution in [-0.2, 0) is 107 Å². The molecule has 42 heteroatoms. The molecule has 132 heavy (non-hydrogen) atoms. The minimum absolute atomic E-state index is 0.00391. The van der Waals surface area contributed by atoms with Crippen LogP contribution in [0.3, 0.4) is 0 Å². The highest BCUT2D eigenvalue weighted by molar-refractivity contribution is 8.00. The number of aliphatic carboxylic acids is 1. The van der Waals surface area contributed by atoms with Crippen LogP contribution in [0.15, 0.2) is 97.7 Å². The van der Waals surface area contributed by atoms with Crippen LogP contribution >= 0.6 is 11.8 Å². The molecule has 6 aromatic rings. The Kier molecular flexibility index (Phi) is 38.1. The number of unbranched alkanes of at least 4 members (excludes halogenated alkanes) is 1. The maximum Gasteiger partial charge on any atom is 0.303 e. The number of nitrogens with two attached hydrogens (primary N) is 2. The number of amides is 15. The number of phenols is 1. The molecule has 716 valence electrons. The van der Waals surface area contributed by atoms with Crippen LogP contribution in [-0.4, -0.2) is 315 Å². The van der Waals surface area contributed by atoms with Crippen molar-refractivity contribution in [2.45, 2.75) is 228 Å². The number of para-hydroxylation sites is 2. The van der Waals surface area contributed by atoms with E-state index in [9.17, 15) is 63.6 Å². The van der Waals surface area contributed by atoms with Crippen molar-refractivity contribution >= 4 is 134 Å². The third-order valence-corrected chi connectivity index (χ3v) is 25.1. The molecule has 15 amide bonds. The molecule has 3 aliphatic heterocycles. The van der Waals surface area contributed by atoms with Gasteiger partial charge >= 0.3 is 5.97 Å². The van der Waals surface area contributed by atoms with Gasteiger partial charge in [-0.3, -0.25) is 81.5 Å². The Morgan fingerprint density at radius 1 is 0.591 bits per heavy atom. The molecule has 3 aromatic carbocycles. The number of carbonyl (C=O) groups excluding carboxylic acids is 16. The van der Waals surface area contributed by atoms with E-state index in [0.717, 1.165) is 31.4 Å². The Bertz CT molecular complexity index is 5090. The summed E-state index contributed by atoms with van der Waals surface area (Å²) >= 11 is 0.808. The largest absolute Gasteiger partial charge is 0.508 e. The molecule has 0 bridgehead atoms. The van der Waals surface area contributed by atoms with E-state index in [4.69, 9.17) is 11.5 Å². The van der Waals surface area contributed by atoms with Crippen LogP contribution in [0.1, 0.15) is 140 Å². The fourth-order valence-corrected chi connectivity index (χ4v) is 17.6. The Hall–Kier alpha value is -12.8. The van der Waals surface area contributed by atoms with Gasteiger partial charge in [0.25, 0.3) is 0 Å². The predicted octanol–water partition coefficient (Wildman–Crippen LogP) is -1.15. The number of fused-ring (bicyclic) bond motifs is 4. The number of aromatic hydroxyl groups is 1. The topological polar surface area (TPSA) is 608 Å². The standard InChI is InChI=1S/C90H124N20O21S/c1-9-11-22-72-90(131)107(7)70(17-10-2)84(125)101-64(33-49(3)4)81(122)105-69(80(121)96-43-75(92)115)46-132-47-76(116)98-66(34-51-24-26-56(112)27-25-51)86(127)106(6)50(5)78(119)99-63(30-31-91)88(129)109-32-16-23-71(109)85(126)102-65(38-55-42-93-48-97-55)82(123)100-62(28-29-77(117)118)89(130)110-44-57(113)39-73(110)74(114)37-52(35-53-40-94-60-20-14-12-18-58(53)60)79(120)104-68(45-111)83(124)103-67(87(128)108(72)8)36-54-41-95-61-21-15-13-19-59(54)61/h12-15,18-21,24-27,40-42,48-50,52,57,62-73,94-95,111-113H,9-11,16-17,22-23,28-39,43-47,91H2,1-8H3,(H2,92,115)(H,93,97)(H,96,121)(H,98,116)(H,99,119)(H,100,123)(H,101,125)(H,102,126)(H,103,124)(H,104,120)(H,105,122)(H,117,118)/t50-,52+,57+,62-,63-,64-,65-,66-,67-,68-,69-,70-,71-,72-,73-/m0/s1. The summed E-state index contributed by atoms with van der Waals surface area (Å²) in [4.78, 5) is 268. The van der Waals surface area contributed by atoms with Gasteiger partial charge in [0.2, 0.25) is 88.6 Å². The molecule has 3 aliphatic rings. The first-order valence-electron chi connectivity index (χ1n) is 44.5. The quantitative estimate of drug-likeness (QED) is 0.0340. The van der Waals surface area contributed by atoms with Crippen molar-refractivity contribution < 1.29 is 102 Å². The number of likely N-dealkylation sites (N-methyl/N-ethyl adjacent to an activating group) is 3. The number of phenolic OH excluding ortho intramolecular Hbond substituents is 1. The number of hydrogen-bond donors (Lipinski definition) is 18. The Morgan fingerprint density at radius 2 is 1.17 bits per heavy atom. The van der Waals surface area contributed by atoms with E-state index in [1.54, 1.807) is 81.7 Å². The highest BCUT2D eigenvalue weighted by atomic mass is 32.2. The Balaban J connectivity index is 1.09. The minimum Gasteiger partial charge on any atom is -0.508 e. The minimum atomic E-state index is -1.87. The summed E-state index contributed by atoms with van der Waals surface area (Å²) in [7, 11) is 3.98. The molecule has 41 nitrogen and oxygen atoms in total. The van der Waals surface area contributed by atoms with Crippen LogP contribution in [0.25, 0.3) is 21.8 Å². The number of primary amides is 1. The number of hydrogen-bond acceptors (Lipinski definition) is 23. The molecule has 3 aromatic heterocycles. The second-order valence-electron chi connectivity index (χ2n) is 34.3. The van der Waals surface area contributed by atoms with Crippen LogP contribution in [0, 0.1) is 11.8 Å². The Morgan fingerprint density at radius 3 is 1.80 bits per heavy atom. The van der Waals surface area contributed by atoms with E-state index in [1.807, 2.05) is 6.92 Å². The van der Waals surface area contributed by atoms with Gasteiger partial charge in [0, 0.05) is 125 Å². The zero-order chi connectivity index (χ0) is 96.3. The van der Waals surface area contributed by atoms with Gasteiger partial charge in [-0.15, -0.1) is 11.8 Å². The molecule has 0 aliphatic carbocycles. The number of thioether (sulfide) groups is 1.